The Morgan fingerprint density at radius 2 is 2.13 bits per heavy atom. The number of carbonyl (C=O) groups excluding carboxylic acids is 1. The van der Waals surface area contributed by atoms with Gasteiger partial charge in [0.05, 0.1) is 16.3 Å². The van der Waals surface area contributed by atoms with E-state index in [-0.39, 0.29) is 11.9 Å². The summed E-state index contributed by atoms with van der Waals surface area (Å²) >= 11 is 1.63. The Morgan fingerprint density at radius 3 is 2.94 bits per heavy atom. The van der Waals surface area contributed by atoms with Crippen LogP contribution in [0.3, 0.4) is 0 Å². The standard InChI is InChI=1S/C22H21N7OS/c1-2-18(30)28-10-4-6-15(12-28)29-22-19(21(23)25-13-26-22)20(27-29)17-8-7-16(31-17)14-5-3-9-24-11-14/h2-3,5,7-9,11,13,15H,1,4,6,10,12H2,(H2,23,25,26)/t15-/m1/s1. The maximum absolute atomic E-state index is 12.2. The topological polar surface area (TPSA) is 103 Å². The number of piperidine rings is 1. The lowest BCUT2D eigenvalue weighted by Crippen LogP contribution is -2.40. The minimum absolute atomic E-state index is 0.0148. The fraction of sp³-hybridized carbons (Fsp3) is 0.227. The molecule has 0 bridgehead atoms. The summed E-state index contributed by atoms with van der Waals surface area (Å²) in [6.07, 6.45) is 8.23. The number of nitrogen functional groups attached to an aromatic ring is 1. The first kappa shape index (κ1) is 19.4. The summed E-state index contributed by atoms with van der Waals surface area (Å²) in [4.78, 5) is 29.0. The molecule has 0 radical (unpaired) electrons. The van der Waals surface area contributed by atoms with E-state index in [1.54, 1.807) is 17.5 Å². The van der Waals surface area contributed by atoms with E-state index in [2.05, 4.69) is 27.6 Å². The first-order valence-corrected chi connectivity index (χ1v) is 10.9. The summed E-state index contributed by atoms with van der Waals surface area (Å²) in [5.41, 5.74) is 8.77. The zero-order chi connectivity index (χ0) is 21.4. The highest BCUT2D eigenvalue weighted by Crippen LogP contribution is 2.39. The number of rotatable bonds is 4. The molecule has 2 N–H and O–H groups in total. The van der Waals surface area contributed by atoms with Gasteiger partial charge in [-0.2, -0.15) is 5.10 Å². The second-order valence-corrected chi connectivity index (χ2v) is 8.52. The second-order valence-electron chi connectivity index (χ2n) is 7.44. The number of thiophene rings is 1. The number of nitrogens with zero attached hydrogens (tertiary/aromatic N) is 6. The van der Waals surface area contributed by atoms with Crippen LogP contribution in [0.15, 0.2) is 55.6 Å². The quantitative estimate of drug-likeness (QED) is 0.496. The normalized spacial score (nSPS) is 16.5. The molecular weight excluding hydrogens is 410 g/mol. The van der Waals surface area contributed by atoms with Crippen LogP contribution in [0.25, 0.3) is 32.0 Å². The molecule has 8 nitrogen and oxygen atoms in total. The Morgan fingerprint density at radius 1 is 1.26 bits per heavy atom. The molecule has 0 aliphatic carbocycles. The van der Waals surface area contributed by atoms with Crippen LogP contribution >= 0.6 is 11.3 Å². The van der Waals surface area contributed by atoms with Gasteiger partial charge in [0.15, 0.2) is 5.65 Å². The van der Waals surface area contributed by atoms with Crippen LogP contribution in [0.2, 0.25) is 0 Å². The molecular formula is C22H21N7OS. The Bertz CT molecular complexity index is 1260. The van der Waals surface area contributed by atoms with Crippen LogP contribution in [-0.2, 0) is 4.79 Å². The molecule has 4 aromatic rings. The van der Waals surface area contributed by atoms with E-state index in [0.29, 0.717) is 18.0 Å². The van der Waals surface area contributed by atoms with Crippen molar-refractivity contribution >= 4 is 34.1 Å². The largest absolute Gasteiger partial charge is 0.383 e. The highest BCUT2D eigenvalue weighted by molar-refractivity contribution is 7.18. The molecule has 9 heteroatoms. The number of aromatic nitrogens is 5. The van der Waals surface area contributed by atoms with Crippen LogP contribution < -0.4 is 5.73 Å². The summed E-state index contributed by atoms with van der Waals surface area (Å²) in [6.45, 7) is 4.90. The van der Waals surface area contributed by atoms with Gasteiger partial charge in [-0.25, -0.2) is 14.6 Å². The monoisotopic (exact) mass is 431 g/mol. The lowest BCUT2D eigenvalue weighted by molar-refractivity contribution is -0.127. The van der Waals surface area contributed by atoms with Gasteiger partial charge < -0.3 is 10.6 Å². The Kier molecular flexibility index (Phi) is 4.95. The van der Waals surface area contributed by atoms with E-state index in [1.807, 2.05) is 34.0 Å². The predicted octanol–water partition coefficient (Wildman–Crippen LogP) is 3.55. The van der Waals surface area contributed by atoms with Crippen LogP contribution in [0, 0.1) is 0 Å². The number of nitrogens with two attached hydrogens (primary N) is 1. The predicted molar refractivity (Wildman–Crippen MR) is 121 cm³/mol. The van der Waals surface area contributed by atoms with Gasteiger partial charge in [-0.3, -0.25) is 9.78 Å². The third-order valence-electron chi connectivity index (χ3n) is 5.53. The third-order valence-corrected chi connectivity index (χ3v) is 6.67. The van der Waals surface area contributed by atoms with Crippen molar-refractivity contribution in [2.75, 3.05) is 18.8 Å². The van der Waals surface area contributed by atoms with Crippen LogP contribution in [0.1, 0.15) is 18.9 Å². The molecule has 5 heterocycles. The maximum atomic E-state index is 12.2. The number of amides is 1. The average Bonchev–Trinajstić information content (AvgIpc) is 3.45. The number of anilines is 1. The number of hydrogen-bond acceptors (Lipinski definition) is 7. The number of likely N-dealkylation sites (tertiary alicyclic amines) is 1. The third kappa shape index (κ3) is 3.46. The first-order valence-electron chi connectivity index (χ1n) is 10.1. The number of carbonyl (C=O) groups is 1. The molecule has 5 rings (SSSR count). The van der Waals surface area contributed by atoms with Crippen molar-refractivity contribution in [1.29, 1.82) is 0 Å². The van der Waals surface area contributed by atoms with Crippen molar-refractivity contribution in [2.24, 2.45) is 0 Å². The smallest absolute Gasteiger partial charge is 0.246 e. The molecule has 4 aromatic heterocycles. The summed E-state index contributed by atoms with van der Waals surface area (Å²) in [6, 6.07) is 8.07. The Labute approximate surface area is 183 Å². The molecule has 0 unspecified atom stereocenters. The zero-order valence-corrected chi connectivity index (χ0v) is 17.6. The lowest BCUT2D eigenvalue weighted by atomic mass is 10.1. The molecule has 0 saturated carbocycles. The van der Waals surface area contributed by atoms with Gasteiger partial charge in [-0.15, -0.1) is 11.3 Å². The SMILES string of the molecule is C=CC(=O)N1CCC[C@@H](n2nc(-c3ccc(-c4cccnc4)s3)c3c(N)ncnc32)C1. The summed E-state index contributed by atoms with van der Waals surface area (Å²) in [7, 11) is 0. The molecule has 1 saturated heterocycles. The molecule has 0 aromatic carbocycles. The van der Waals surface area contributed by atoms with Gasteiger partial charge in [0.1, 0.15) is 17.8 Å². The van der Waals surface area contributed by atoms with Gasteiger partial charge in [-0.1, -0.05) is 12.6 Å². The van der Waals surface area contributed by atoms with Crippen molar-refractivity contribution < 1.29 is 4.79 Å². The summed E-state index contributed by atoms with van der Waals surface area (Å²) in [5.74, 6) is 0.340. The van der Waals surface area contributed by atoms with E-state index in [9.17, 15) is 4.79 Å². The Hall–Kier alpha value is -3.59. The second kappa shape index (κ2) is 7.92. The molecule has 1 amide bonds. The highest BCUT2D eigenvalue weighted by Gasteiger charge is 2.28. The van der Waals surface area contributed by atoms with Gasteiger partial charge in [0.2, 0.25) is 5.91 Å². The number of pyridine rings is 1. The minimum Gasteiger partial charge on any atom is -0.383 e. The fourth-order valence-electron chi connectivity index (χ4n) is 4.03. The van der Waals surface area contributed by atoms with Crippen molar-refractivity contribution in [1.82, 2.24) is 29.6 Å². The maximum Gasteiger partial charge on any atom is 0.246 e. The van der Waals surface area contributed by atoms with E-state index >= 15 is 0 Å². The average molecular weight is 432 g/mol. The van der Waals surface area contributed by atoms with Crippen molar-refractivity contribution in [3.05, 3.63) is 55.6 Å². The Balaban J connectivity index is 1.58. The molecule has 1 fully saturated rings. The molecule has 1 atom stereocenters. The van der Waals surface area contributed by atoms with Gasteiger partial charge in [0.25, 0.3) is 0 Å². The van der Waals surface area contributed by atoms with E-state index in [4.69, 9.17) is 10.8 Å². The molecule has 1 aliphatic rings. The van der Waals surface area contributed by atoms with E-state index in [1.165, 1.54) is 12.4 Å². The molecule has 0 spiro atoms. The minimum atomic E-state index is -0.0603. The van der Waals surface area contributed by atoms with Gasteiger partial charge in [-0.05, 0) is 37.1 Å². The van der Waals surface area contributed by atoms with Gasteiger partial charge >= 0.3 is 0 Å². The van der Waals surface area contributed by atoms with Crippen LogP contribution in [-0.4, -0.2) is 48.6 Å². The zero-order valence-electron chi connectivity index (χ0n) is 16.8. The van der Waals surface area contributed by atoms with Crippen LogP contribution in [0.5, 0.6) is 0 Å². The molecule has 1 aliphatic heterocycles. The molecule has 31 heavy (non-hydrogen) atoms. The summed E-state index contributed by atoms with van der Waals surface area (Å²) < 4.78 is 1.91. The number of hydrogen-bond donors (Lipinski definition) is 1. The van der Waals surface area contributed by atoms with E-state index in [0.717, 1.165) is 45.8 Å². The number of fused-ring (bicyclic) bond motifs is 1. The van der Waals surface area contributed by atoms with Crippen molar-refractivity contribution in [2.45, 2.75) is 18.9 Å². The fourth-order valence-corrected chi connectivity index (χ4v) is 5.02. The first-order chi connectivity index (χ1) is 15.2. The van der Waals surface area contributed by atoms with Crippen LogP contribution in [0.4, 0.5) is 5.82 Å². The lowest BCUT2D eigenvalue weighted by Gasteiger charge is -2.32. The highest BCUT2D eigenvalue weighted by atomic mass is 32.1. The van der Waals surface area contributed by atoms with Crippen molar-refractivity contribution in [3.63, 3.8) is 0 Å². The van der Waals surface area contributed by atoms with E-state index < -0.39 is 0 Å². The van der Waals surface area contributed by atoms with Crippen molar-refractivity contribution in [3.8, 4) is 21.0 Å². The summed E-state index contributed by atoms with van der Waals surface area (Å²) in [5, 5.41) is 5.68. The molecule has 156 valence electrons. The van der Waals surface area contributed by atoms with Gasteiger partial charge in [0, 0.05) is 35.9 Å².